The second-order valence-corrected chi connectivity index (χ2v) is 6.35. The van der Waals surface area contributed by atoms with E-state index < -0.39 is 23.8 Å². The molecule has 2 aromatic rings. The highest BCUT2D eigenvalue weighted by atomic mass is 35.5. The molecule has 0 saturated heterocycles. The summed E-state index contributed by atoms with van der Waals surface area (Å²) >= 11 is 6.19. The molecule has 26 heavy (non-hydrogen) atoms. The molecular formula is C19H17ClN2O4. The number of halogens is 1. The summed E-state index contributed by atoms with van der Waals surface area (Å²) in [5.41, 5.74) is 6.80. The Hall–Kier alpha value is -2.86. The molecule has 2 N–H and O–H groups in total. The average Bonchev–Trinajstić information content (AvgIpc) is 2.88. The quantitative estimate of drug-likeness (QED) is 0.788. The van der Waals surface area contributed by atoms with Crippen LogP contribution in [0, 0.1) is 0 Å². The van der Waals surface area contributed by atoms with Crippen LogP contribution >= 0.6 is 11.6 Å². The van der Waals surface area contributed by atoms with Crippen LogP contribution in [0.15, 0.2) is 42.5 Å². The summed E-state index contributed by atoms with van der Waals surface area (Å²) in [4.78, 5) is 38.1. The van der Waals surface area contributed by atoms with E-state index in [1.165, 1.54) is 7.11 Å². The minimum absolute atomic E-state index is 0.174. The molecule has 3 rings (SSSR count). The number of primary amides is 1. The first-order chi connectivity index (χ1) is 12.4. The van der Waals surface area contributed by atoms with Crippen LogP contribution in [0.1, 0.15) is 32.7 Å². The predicted molar refractivity (Wildman–Crippen MR) is 96.2 cm³/mol. The summed E-state index contributed by atoms with van der Waals surface area (Å²) in [5.74, 6) is -1.13. The van der Waals surface area contributed by atoms with E-state index in [4.69, 9.17) is 22.1 Å². The Morgan fingerprint density at radius 1 is 1.15 bits per heavy atom. The van der Waals surface area contributed by atoms with E-state index in [0.717, 1.165) is 10.5 Å². The molecule has 0 radical (unpaired) electrons. The van der Waals surface area contributed by atoms with Crippen molar-refractivity contribution in [2.45, 2.75) is 18.9 Å². The molecular weight excluding hydrogens is 356 g/mol. The number of nitrogens with two attached hydrogens (primary N) is 1. The molecule has 0 spiro atoms. The molecule has 1 heterocycles. The van der Waals surface area contributed by atoms with Crippen molar-refractivity contribution in [3.63, 3.8) is 0 Å². The van der Waals surface area contributed by atoms with Crippen molar-refractivity contribution in [2.24, 2.45) is 5.73 Å². The first-order valence-corrected chi connectivity index (χ1v) is 8.40. The van der Waals surface area contributed by atoms with Gasteiger partial charge in [0.15, 0.2) is 0 Å². The number of carbonyl (C=O) groups excluding carboxylic acids is 3. The normalized spacial score (nSPS) is 14.3. The van der Waals surface area contributed by atoms with Gasteiger partial charge in [-0.15, -0.1) is 0 Å². The Labute approximate surface area is 155 Å². The standard InChI is InChI=1S/C19H17ClN2O4/c1-26-12-7-8-15(20)11(10-12)6-9-16(17(21)23)22-18(24)13-4-2-3-5-14(13)19(22)25/h2-5,7-8,10,16H,6,9H2,1H3,(H2,21,23). The minimum atomic E-state index is -1.05. The highest BCUT2D eigenvalue weighted by molar-refractivity contribution is 6.31. The number of fused-ring (bicyclic) bond motifs is 1. The van der Waals surface area contributed by atoms with Gasteiger partial charge in [0.1, 0.15) is 11.8 Å². The van der Waals surface area contributed by atoms with Gasteiger partial charge in [-0.2, -0.15) is 0 Å². The summed E-state index contributed by atoms with van der Waals surface area (Å²) in [5, 5.41) is 0.511. The van der Waals surface area contributed by atoms with Crippen LogP contribution in [-0.2, 0) is 11.2 Å². The average molecular weight is 373 g/mol. The summed E-state index contributed by atoms with van der Waals surface area (Å²) in [7, 11) is 1.54. The van der Waals surface area contributed by atoms with E-state index in [1.807, 2.05) is 0 Å². The summed E-state index contributed by atoms with van der Waals surface area (Å²) in [6.07, 6.45) is 0.532. The number of aryl methyl sites for hydroxylation is 1. The number of ether oxygens (including phenoxy) is 1. The maximum Gasteiger partial charge on any atom is 0.262 e. The fourth-order valence-corrected chi connectivity index (χ4v) is 3.26. The topological polar surface area (TPSA) is 89.7 Å². The largest absolute Gasteiger partial charge is 0.497 e. The van der Waals surface area contributed by atoms with Gasteiger partial charge < -0.3 is 10.5 Å². The molecule has 1 unspecified atom stereocenters. The number of rotatable bonds is 6. The molecule has 134 valence electrons. The lowest BCUT2D eigenvalue weighted by Gasteiger charge is -2.23. The van der Waals surface area contributed by atoms with Crippen LogP contribution in [0.2, 0.25) is 5.02 Å². The van der Waals surface area contributed by atoms with Crippen LogP contribution < -0.4 is 10.5 Å². The van der Waals surface area contributed by atoms with Gasteiger partial charge in [0, 0.05) is 5.02 Å². The molecule has 3 amide bonds. The fraction of sp³-hybridized carbons (Fsp3) is 0.211. The first-order valence-electron chi connectivity index (χ1n) is 8.02. The van der Waals surface area contributed by atoms with Gasteiger partial charge in [-0.3, -0.25) is 19.3 Å². The second-order valence-electron chi connectivity index (χ2n) is 5.94. The van der Waals surface area contributed by atoms with Crippen molar-refractivity contribution in [2.75, 3.05) is 7.11 Å². The van der Waals surface area contributed by atoms with E-state index in [1.54, 1.807) is 42.5 Å². The third kappa shape index (κ3) is 3.15. The maximum atomic E-state index is 12.6. The number of benzene rings is 2. The van der Waals surface area contributed by atoms with E-state index in [9.17, 15) is 14.4 Å². The fourth-order valence-electron chi connectivity index (χ4n) is 3.05. The van der Waals surface area contributed by atoms with Crippen LogP contribution in [0.4, 0.5) is 0 Å². The van der Waals surface area contributed by atoms with Crippen molar-refractivity contribution in [3.05, 3.63) is 64.2 Å². The number of hydrogen-bond acceptors (Lipinski definition) is 4. The Kier molecular flexibility index (Phi) is 4.95. The van der Waals surface area contributed by atoms with Crippen LogP contribution in [0.25, 0.3) is 0 Å². The van der Waals surface area contributed by atoms with Gasteiger partial charge >= 0.3 is 0 Å². The maximum absolute atomic E-state index is 12.6. The number of carbonyl (C=O) groups is 3. The van der Waals surface area contributed by atoms with Gasteiger partial charge in [-0.1, -0.05) is 23.7 Å². The van der Waals surface area contributed by atoms with Gasteiger partial charge in [0.2, 0.25) is 5.91 Å². The molecule has 7 heteroatoms. The monoisotopic (exact) mass is 372 g/mol. The zero-order chi connectivity index (χ0) is 18.8. The molecule has 1 aliphatic heterocycles. The highest BCUT2D eigenvalue weighted by Crippen LogP contribution is 2.28. The predicted octanol–water partition coefficient (Wildman–Crippen LogP) is 2.43. The van der Waals surface area contributed by atoms with Gasteiger partial charge in [-0.05, 0) is 48.7 Å². The molecule has 1 atom stereocenters. The lowest BCUT2D eigenvalue weighted by molar-refractivity contribution is -0.122. The first kappa shape index (κ1) is 17.9. The number of nitrogens with zero attached hydrogens (tertiary/aromatic N) is 1. The molecule has 6 nitrogen and oxygen atoms in total. The molecule has 1 aliphatic rings. The number of hydrogen-bond donors (Lipinski definition) is 1. The van der Waals surface area contributed by atoms with Gasteiger partial charge in [0.25, 0.3) is 11.8 Å². The molecule has 2 aromatic carbocycles. The van der Waals surface area contributed by atoms with Crippen molar-refractivity contribution < 1.29 is 19.1 Å². The summed E-state index contributed by atoms with van der Waals surface area (Å²) in [6.45, 7) is 0. The highest BCUT2D eigenvalue weighted by Gasteiger charge is 2.41. The van der Waals surface area contributed by atoms with E-state index >= 15 is 0 Å². The summed E-state index contributed by atoms with van der Waals surface area (Å²) in [6, 6.07) is 10.6. The van der Waals surface area contributed by atoms with Crippen molar-refractivity contribution >= 4 is 29.3 Å². The third-order valence-corrected chi connectivity index (χ3v) is 4.77. The Morgan fingerprint density at radius 3 is 2.31 bits per heavy atom. The van der Waals surface area contributed by atoms with Crippen molar-refractivity contribution in [1.82, 2.24) is 4.90 Å². The number of amides is 3. The van der Waals surface area contributed by atoms with Gasteiger partial charge in [0.05, 0.1) is 18.2 Å². The molecule has 0 aromatic heterocycles. The molecule has 0 bridgehead atoms. The SMILES string of the molecule is COc1ccc(Cl)c(CCC(C(N)=O)N2C(=O)c3ccccc3C2=O)c1. The lowest BCUT2D eigenvalue weighted by Crippen LogP contribution is -2.48. The Balaban J connectivity index is 1.84. The lowest BCUT2D eigenvalue weighted by atomic mass is 10.0. The zero-order valence-electron chi connectivity index (χ0n) is 14.1. The number of methoxy groups -OCH3 is 1. The van der Waals surface area contributed by atoms with E-state index in [0.29, 0.717) is 17.2 Å². The van der Waals surface area contributed by atoms with Crippen molar-refractivity contribution in [1.29, 1.82) is 0 Å². The van der Waals surface area contributed by atoms with Crippen LogP contribution in [0.5, 0.6) is 5.75 Å². The Morgan fingerprint density at radius 2 is 1.77 bits per heavy atom. The van der Waals surface area contributed by atoms with Crippen molar-refractivity contribution in [3.8, 4) is 5.75 Å². The van der Waals surface area contributed by atoms with Crippen LogP contribution in [0.3, 0.4) is 0 Å². The summed E-state index contributed by atoms with van der Waals surface area (Å²) < 4.78 is 5.17. The number of imide groups is 1. The molecule has 0 fully saturated rings. The molecule has 0 saturated carbocycles. The van der Waals surface area contributed by atoms with Crippen LogP contribution in [-0.4, -0.2) is 35.8 Å². The smallest absolute Gasteiger partial charge is 0.262 e. The van der Waals surface area contributed by atoms with Gasteiger partial charge in [-0.25, -0.2) is 0 Å². The van der Waals surface area contributed by atoms with E-state index in [2.05, 4.69) is 0 Å². The zero-order valence-corrected chi connectivity index (χ0v) is 14.8. The minimum Gasteiger partial charge on any atom is -0.497 e. The third-order valence-electron chi connectivity index (χ3n) is 4.41. The molecule has 0 aliphatic carbocycles. The second kappa shape index (κ2) is 7.17. The Bertz CT molecular complexity index is 862. The van der Waals surface area contributed by atoms with E-state index in [-0.39, 0.29) is 17.5 Å².